The molecule has 1 heterocycles. The Morgan fingerprint density at radius 2 is 2.00 bits per heavy atom. The van der Waals surface area contributed by atoms with Crippen molar-refractivity contribution in [2.24, 2.45) is 0 Å². The Bertz CT molecular complexity index is 604. The topological polar surface area (TPSA) is 42.7 Å². The predicted octanol–water partition coefficient (Wildman–Crippen LogP) is 3.54. The molecule has 1 aromatic carbocycles. The van der Waals surface area contributed by atoms with Crippen molar-refractivity contribution < 1.29 is 0 Å². The van der Waals surface area contributed by atoms with Gasteiger partial charge in [0.25, 0.3) is 0 Å². The number of hydrogen-bond acceptors (Lipinski definition) is 3. The average Bonchev–Trinajstić information content (AvgIpc) is 2.89. The molecule has 4 nitrogen and oxygen atoms in total. The first-order valence-electron chi connectivity index (χ1n) is 7.52. The van der Waals surface area contributed by atoms with Crippen LogP contribution in [0.3, 0.4) is 0 Å². The van der Waals surface area contributed by atoms with Crippen molar-refractivity contribution in [2.75, 3.05) is 0 Å². The summed E-state index contributed by atoms with van der Waals surface area (Å²) in [6, 6.07) is 6.51. The lowest BCUT2D eigenvalue weighted by Crippen LogP contribution is -2.22. The molecule has 0 unspecified atom stereocenters. The third-order valence-corrected chi connectivity index (χ3v) is 3.68. The van der Waals surface area contributed by atoms with Gasteiger partial charge in [-0.25, -0.2) is 9.67 Å². The van der Waals surface area contributed by atoms with Crippen molar-refractivity contribution >= 4 is 11.6 Å². The monoisotopic (exact) mass is 306 g/mol. The fourth-order valence-electron chi connectivity index (χ4n) is 2.10. The molecule has 0 amide bonds. The zero-order chi connectivity index (χ0) is 15.4. The summed E-state index contributed by atoms with van der Waals surface area (Å²) in [4.78, 5) is 4.53. The molecule has 0 spiro atoms. The molecule has 1 N–H and O–H groups in total. The predicted molar refractivity (Wildman–Crippen MR) is 87.1 cm³/mol. The van der Waals surface area contributed by atoms with E-state index in [1.54, 1.807) is 0 Å². The minimum Gasteiger partial charge on any atom is -0.310 e. The van der Waals surface area contributed by atoms with E-state index in [0.717, 1.165) is 47.3 Å². The molecule has 0 radical (unpaired) electrons. The second-order valence-corrected chi connectivity index (χ2v) is 5.78. The highest BCUT2D eigenvalue weighted by Gasteiger charge is 2.11. The Hall–Kier alpha value is -1.39. The van der Waals surface area contributed by atoms with E-state index in [1.807, 2.05) is 10.7 Å². The van der Waals surface area contributed by atoms with Crippen LogP contribution >= 0.6 is 11.6 Å². The van der Waals surface area contributed by atoms with Gasteiger partial charge in [0.2, 0.25) is 0 Å². The maximum Gasteiger partial charge on any atom is 0.151 e. The van der Waals surface area contributed by atoms with Crippen LogP contribution in [0.1, 0.15) is 44.9 Å². The molecule has 0 atom stereocenters. The van der Waals surface area contributed by atoms with Crippen molar-refractivity contribution in [3.05, 3.63) is 40.4 Å². The smallest absolute Gasteiger partial charge is 0.151 e. The van der Waals surface area contributed by atoms with Crippen LogP contribution in [-0.4, -0.2) is 20.8 Å². The van der Waals surface area contributed by atoms with Crippen LogP contribution in [0.4, 0.5) is 0 Å². The Labute approximate surface area is 131 Å². The Morgan fingerprint density at radius 1 is 1.24 bits per heavy atom. The molecule has 0 bridgehead atoms. The van der Waals surface area contributed by atoms with Gasteiger partial charge in [0.05, 0.1) is 5.69 Å². The molecule has 21 heavy (non-hydrogen) atoms. The van der Waals surface area contributed by atoms with Crippen LogP contribution in [0.25, 0.3) is 5.69 Å². The lowest BCUT2D eigenvalue weighted by Gasteiger charge is -2.11. The first-order chi connectivity index (χ1) is 10.0. The summed E-state index contributed by atoms with van der Waals surface area (Å²) in [5, 5.41) is 8.68. The molecule has 114 valence electrons. The lowest BCUT2D eigenvalue weighted by atomic mass is 10.2. The van der Waals surface area contributed by atoms with Gasteiger partial charge in [-0.3, -0.25) is 0 Å². The van der Waals surface area contributed by atoms with Gasteiger partial charge in [-0.2, -0.15) is 5.10 Å². The summed E-state index contributed by atoms with van der Waals surface area (Å²) in [5.74, 6) is 1.84. The minimum atomic E-state index is 0.440. The summed E-state index contributed by atoms with van der Waals surface area (Å²) in [6.07, 6.45) is 1.69. The second-order valence-electron chi connectivity index (χ2n) is 5.37. The van der Waals surface area contributed by atoms with Crippen molar-refractivity contribution in [3.8, 4) is 5.69 Å². The van der Waals surface area contributed by atoms with E-state index >= 15 is 0 Å². The second kappa shape index (κ2) is 7.05. The Morgan fingerprint density at radius 3 is 2.57 bits per heavy atom. The number of nitrogens with one attached hydrogen (secondary N) is 1. The van der Waals surface area contributed by atoms with E-state index in [9.17, 15) is 0 Å². The largest absolute Gasteiger partial charge is 0.310 e. The highest BCUT2D eigenvalue weighted by Crippen LogP contribution is 2.21. The zero-order valence-corrected chi connectivity index (χ0v) is 13.9. The third-order valence-electron chi connectivity index (χ3n) is 3.33. The van der Waals surface area contributed by atoms with Crippen LogP contribution in [0.2, 0.25) is 5.02 Å². The van der Waals surface area contributed by atoms with E-state index in [-0.39, 0.29) is 0 Å². The minimum absolute atomic E-state index is 0.440. The van der Waals surface area contributed by atoms with Crippen LogP contribution in [0.5, 0.6) is 0 Å². The Balaban J connectivity index is 2.29. The molecule has 0 aliphatic heterocycles. The van der Waals surface area contributed by atoms with Gasteiger partial charge in [-0.15, -0.1) is 0 Å². The molecule has 2 aromatic rings. The third kappa shape index (κ3) is 3.83. The first kappa shape index (κ1) is 16.0. The van der Waals surface area contributed by atoms with Crippen molar-refractivity contribution in [3.63, 3.8) is 0 Å². The molecular formula is C16H23ClN4. The van der Waals surface area contributed by atoms with Crippen molar-refractivity contribution in [2.45, 2.75) is 53.1 Å². The summed E-state index contributed by atoms with van der Waals surface area (Å²) in [5.41, 5.74) is 2.07. The summed E-state index contributed by atoms with van der Waals surface area (Å²) < 4.78 is 1.89. The first-order valence-corrected chi connectivity index (χ1v) is 7.89. The highest BCUT2D eigenvalue weighted by molar-refractivity contribution is 6.31. The summed E-state index contributed by atoms with van der Waals surface area (Å²) >= 11 is 6.40. The molecule has 2 rings (SSSR count). The number of hydrogen-bond donors (Lipinski definition) is 1. The maximum atomic E-state index is 6.40. The van der Waals surface area contributed by atoms with E-state index in [1.165, 1.54) is 0 Å². The van der Waals surface area contributed by atoms with Gasteiger partial charge >= 0.3 is 0 Å². The molecular weight excluding hydrogens is 284 g/mol. The van der Waals surface area contributed by atoms with Crippen LogP contribution < -0.4 is 5.32 Å². The van der Waals surface area contributed by atoms with Gasteiger partial charge in [-0.1, -0.05) is 45.4 Å². The molecule has 0 fully saturated rings. The normalized spacial score (nSPS) is 11.3. The molecule has 0 saturated heterocycles. The van der Waals surface area contributed by atoms with Crippen molar-refractivity contribution in [1.29, 1.82) is 0 Å². The SMILES string of the molecule is CCc1nc(CC)n(-c2ccc(CNC(C)C)c(Cl)c2)n1. The quantitative estimate of drug-likeness (QED) is 0.887. The number of aryl methyl sites for hydroxylation is 2. The zero-order valence-electron chi connectivity index (χ0n) is 13.2. The summed E-state index contributed by atoms with van der Waals surface area (Å²) in [7, 11) is 0. The van der Waals surface area contributed by atoms with Crippen LogP contribution in [0.15, 0.2) is 18.2 Å². The van der Waals surface area contributed by atoms with Crippen molar-refractivity contribution in [1.82, 2.24) is 20.1 Å². The fourth-order valence-corrected chi connectivity index (χ4v) is 2.34. The molecule has 0 saturated carbocycles. The summed E-state index contributed by atoms with van der Waals surface area (Å²) in [6.45, 7) is 9.17. The molecule has 1 aromatic heterocycles. The molecule has 0 aliphatic carbocycles. The number of nitrogens with zero attached hydrogens (tertiary/aromatic N) is 3. The van der Waals surface area contributed by atoms with Crippen LogP contribution in [-0.2, 0) is 19.4 Å². The Kier molecular flexibility index (Phi) is 5.37. The number of aromatic nitrogens is 3. The van der Waals surface area contributed by atoms with Gasteiger partial charge < -0.3 is 5.32 Å². The van der Waals surface area contributed by atoms with Gasteiger partial charge in [-0.05, 0) is 17.7 Å². The van der Waals surface area contributed by atoms with Gasteiger partial charge in [0, 0.05) is 30.5 Å². The van der Waals surface area contributed by atoms with E-state index in [0.29, 0.717) is 6.04 Å². The number of halogens is 1. The fraction of sp³-hybridized carbons (Fsp3) is 0.500. The van der Waals surface area contributed by atoms with E-state index in [4.69, 9.17) is 11.6 Å². The molecule has 0 aliphatic rings. The highest BCUT2D eigenvalue weighted by atomic mass is 35.5. The van der Waals surface area contributed by atoms with Crippen LogP contribution in [0, 0.1) is 0 Å². The van der Waals surface area contributed by atoms with Gasteiger partial charge in [0.1, 0.15) is 5.82 Å². The van der Waals surface area contributed by atoms with E-state index < -0.39 is 0 Å². The van der Waals surface area contributed by atoms with Gasteiger partial charge in [0.15, 0.2) is 5.82 Å². The molecule has 5 heteroatoms. The van der Waals surface area contributed by atoms with E-state index in [2.05, 4.69) is 55.2 Å². The number of benzene rings is 1. The maximum absolute atomic E-state index is 6.40. The average molecular weight is 307 g/mol. The standard InChI is InChI=1S/C16H23ClN4/c1-5-15-19-16(6-2)21(20-15)13-8-7-12(14(17)9-13)10-18-11(3)4/h7-9,11,18H,5-6,10H2,1-4H3. The number of rotatable bonds is 6. The lowest BCUT2D eigenvalue weighted by molar-refractivity contribution is 0.589.